The van der Waals surface area contributed by atoms with E-state index in [0.717, 1.165) is 22.6 Å². The van der Waals surface area contributed by atoms with E-state index in [1.807, 2.05) is 31.2 Å². The average Bonchev–Trinajstić information content (AvgIpc) is 3.09. The first kappa shape index (κ1) is 11.5. The number of imidazole rings is 1. The van der Waals surface area contributed by atoms with E-state index in [9.17, 15) is 0 Å². The standard InChI is InChI=1S/C13H13N5O/c1-9-12(16-7-15-9)6-14-11-4-2-10(3-5-11)13-18-17-8-19-13/h2-5,7-8,14H,6H2,1H3,(H,15,16). The van der Waals surface area contributed by atoms with Crippen molar-refractivity contribution < 1.29 is 4.42 Å². The molecule has 0 aliphatic carbocycles. The molecule has 0 aliphatic rings. The van der Waals surface area contributed by atoms with Gasteiger partial charge >= 0.3 is 0 Å². The first-order chi connectivity index (χ1) is 9.33. The molecule has 6 heteroatoms. The van der Waals surface area contributed by atoms with Crippen molar-refractivity contribution in [2.45, 2.75) is 13.5 Å². The highest BCUT2D eigenvalue weighted by Crippen LogP contribution is 2.19. The molecular formula is C13H13N5O. The second kappa shape index (κ2) is 4.93. The van der Waals surface area contributed by atoms with Gasteiger partial charge in [-0.05, 0) is 31.2 Å². The molecule has 0 bridgehead atoms. The Morgan fingerprint density at radius 3 is 2.74 bits per heavy atom. The van der Waals surface area contributed by atoms with Crippen molar-refractivity contribution >= 4 is 5.69 Å². The molecule has 0 saturated heterocycles. The number of H-pyrrole nitrogens is 1. The van der Waals surface area contributed by atoms with Gasteiger partial charge in [0.1, 0.15) is 0 Å². The predicted molar refractivity (Wildman–Crippen MR) is 70.4 cm³/mol. The van der Waals surface area contributed by atoms with Crippen molar-refractivity contribution in [3.63, 3.8) is 0 Å². The SMILES string of the molecule is Cc1[nH]cnc1CNc1ccc(-c2nnco2)cc1. The van der Waals surface area contributed by atoms with E-state index >= 15 is 0 Å². The quantitative estimate of drug-likeness (QED) is 0.748. The predicted octanol–water partition coefficient (Wildman–Crippen LogP) is 2.38. The highest BCUT2D eigenvalue weighted by atomic mass is 16.4. The molecule has 0 fully saturated rings. The summed E-state index contributed by atoms with van der Waals surface area (Å²) in [5, 5.41) is 10.8. The summed E-state index contributed by atoms with van der Waals surface area (Å²) in [6.45, 7) is 2.69. The van der Waals surface area contributed by atoms with E-state index in [4.69, 9.17) is 4.42 Å². The number of benzene rings is 1. The Bertz CT molecular complexity index is 642. The third kappa shape index (κ3) is 2.47. The first-order valence-electron chi connectivity index (χ1n) is 5.92. The van der Waals surface area contributed by atoms with Gasteiger partial charge in [-0.15, -0.1) is 10.2 Å². The second-order valence-electron chi connectivity index (χ2n) is 4.15. The fourth-order valence-corrected chi connectivity index (χ4v) is 1.78. The van der Waals surface area contributed by atoms with E-state index in [2.05, 4.69) is 25.5 Å². The van der Waals surface area contributed by atoms with Crippen LogP contribution < -0.4 is 5.32 Å². The van der Waals surface area contributed by atoms with Gasteiger partial charge in [0.25, 0.3) is 0 Å². The molecule has 2 N–H and O–H groups in total. The maximum absolute atomic E-state index is 5.14. The Morgan fingerprint density at radius 1 is 1.26 bits per heavy atom. The summed E-state index contributed by atoms with van der Waals surface area (Å²) >= 11 is 0. The van der Waals surface area contributed by atoms with E-state index < -0.39 is 0 Å². The zero-order valence-electron chi connectivity index (χ0n) is 10.4. The number of hydrogen-bond donors (Lipinski definition) is 2. The second-order valence-corrected chi connectivity index (χ2v) is 4.15. The number of anilines is 1. The number of aromatic amines is 1. The molecular weight excluding hydrogens is 242 g/mol. The summed E-state index contributed by atoms with van der Waals surface area (Å²) in [6.07, 6.45) is 3.02. The Balaban J connectivity index is 1.68. The lowest BCUT2D eigenvalue weighted by atomic mass is 10.2. The van der Waals surface area contributed by atoms with Gasteiger partial charge in [-0.25, -0.2) is 4.98 Å². The van der Waals surface area contributed by atoms with E-state index in [1.165, 1.54) is 6.39 Å². The number of aryl methyl sites for hydroxylation is 1. The summed E-state index contributed by atoms with van der Waals surface area (Å²) in [5.74, 6) is 0.523. The molecule has 0 spiro atoms. The lowest BCUT2D eigenvalue weighted by molar-refractivity contribution is 0.568. The maximum Gasteiger partial charge on any atom is 0.247 e. The fraction of sp³-hybridized carbons (Fsp3) is 0.154. The molecule has 3 aromatic rings. The van der Waals surface area contributed by atoms with Crippen LogP contribution in [0.4, 0.5) is 5.69 Å². The van der Waals surface area contributed by atoms with Crippen LogP contribution in [0.5, 0.6) is 0 Å². The van der Waals surface area contributed by atoms with Gasteiger partial charge in [0.05, 0.1) is 18.6 Å². The van der Waals surface area contributed by atoms with E-state index in [-0.39, 0.29) is 0 Å². The first-order valence-corrected chi connectivity index (χ1v) is 5.92. The van der Waals surface area contributed by atoms with Gasteiger partial charge < -0.3 is 14.7 Å². The molecule has 0 radical (unpaired) electrons. The van der Waals surface area contributed by atoms with Gasteiger partial charge in [0.2, 0.25) is 12.3 Å². The van der Waals surface area contributed by atoms with Gasteiger partial charge in [-0.1, -0.05) is 0 Å². The number of hydrogen-bond acceptors (Lipinski definition) is 5. The monoisotopic (exact) mass is 255 g/mol. The number of aromatic nitrogens is 4. The molecule has 0 saturated carbocycles. The molecule has 2 aromatic heterocycles. The molecule has 19 heavy (non-hydrogen) atoms. The molecule has 2 heterocycles. The minimum Gasteiger partial charge on any atom is -0.423 e. The van der Waals surface area contributed by atoms with E-state index in [0.29, 0.717) is 12.4 Å². The highest BCUT2D eigenvalue weighted by Gasteiger charge is 2.04. The number of rotatable bonds is 4. The molecule has 3 rings (SSSR count). The average molecular weight is 255 g/mol. The molecule has 0 aliphatic heterocycles. The Kier molecular flexibility index (Phi) is 2.97. The summed E-state index contributed by atoms with van der Waals surface area (Å²) in [6, 6.07) is 7.82. The van der Waals surface area contributed by atoms with Crippen molar-refractivity contribution in [3.8, 4) is 11.5 Å². The molecule has 0 atom stereocenters. The van der Waals surface area contributed by atoms with Crippen molar-refractivity contribution in [3.05, 3.63) is 48.4 Å². The molecule has 0 unspecified atom stereocenters. The summed E-state index contributed by atoms with van der Waals surface area (Å²) in [4.78, 5) is 7.29. The zero-order chi connectivity index (χ0) is 13.1. The van der Waals surface area contributed by atoms with Gasteiger partial charge in [-0.3, -0.25) is 0 Å². The van der Waals surface area contributed by atoms with Gasteiger partial charge in [0, 0.05) is 16.9 Å². The minimum atomic E-state index is 0.523. The largest absolute Gasteiger partial charge is 0.423 e. The Hall–Kier alpha value is -2.63. The lowest BCUT2D eigenvalue weighted by Crippen LogP contribution is -2.01. The summed E-state index contributed by atoms with van der Waals surface area (Å²) in [5.41, 5.74) is 4.01. The van der Waals surface area contributed by atoms with Crippen LogP contribution in [-0.2, 0) is 6.54 Å². The molecule has 96 valence electrons. The summed E-state index contributed by atoms with van der Waals surface area (Å²) in [7, 11) is 0. The van der Waals surface area contributed by atoms with Crippen LogP contribution in [0.1, 0.15) is 11.4 Å². The third-order valence-corrected chi connectivity index (χ3v) is 2.89. The van der Waals surface area contributed by atoms with Crippen LogP contribution >= 0.6 is 0 Å². The van der Waals surface area contributed by atoms with Crippen LogP contribution in [-0.4, -0.2) is 20.2 Å². The maximum atomic E-state index is 5.14. The van der Waals surface area contributed by atoms with Crippen LogP contribution in [0.25, 0.3) is 11.5 Å². The lowest BCUT2D eigenvalue weighted by Gasteiger charge is -2.05. The Morgan fingerprint density at radius 2 is 2.11 bits per heavy atom. The molecule has 0 amide bonds. The van der Waals surface area contributed by atoms with Crippen LogP contribution in [0.15, 0.2) is 41.4 Å². The number of nitrogens with one attached hydrogen (secondary N) is 2. The van der Waals surface area contributed by atoms with E-state index in [1.54, 1.807) is 6.33 Å². The summed E-state index contributed by atoms with van der Waals surface area (Å²) < 4.78 is 5.14. The smallest absolute Gasteiger partial charge is 0.247 e. The topological polar surface area (TPSA) is 79.6 Å². The minimum absolute atomic E-state index is 0.523. The number of nitrogens with zero attached hydrogens (tertiary/aromatic N) is 3. The van der Waals surface area contributed by atoms with Crippen molar-refractivity contribution in [2.75, 3.05) is 5.32 Å². The van der Waals surface area contributed by atoms with Gasteiger partial charge in [-0.2, -0.15) is 0 Å². The third-order valence-electron chi connectivity index (χ3n) is 2.89. The van der Waals surface area contributed by atoms with Gasteiger partial charge in [0.15, 0.2) is 0 Å². The van der Waals surface area contributed by atoms with Crippen LogP contribution in [0, 0.1) is 6.92 Å². The molecule has 1 aromatic carbocycles. The van der Waals surface area contributed by atoms with Crippen molar-refractivity contribution in [1.29, 1.82) is 0 Å². The highest BCUT2D eigenvalue weighted by molar-refractivity contribution is 5.58. The van der Waals surface area contributed by atoms with Crippen molar-refractivity contribution in [1.82, 2.24) is 20.2 Å². The van der Waals surface area contributed by atoms with Crippen molar-refractivity contribution in [2.24, 2.45) is 0 Å². The van der Waals surface area contributed by atoms with Crippen LogP contribution in [0.2, 0.25) is 0 Å². The molecule has 6 nitrogen and oxygen atoms in total. The fourth-order valence-electron chi connectivity index (χ4n) is 1.78. The normalized spacial score (nSPS) is 10.6. The zero-order valence-corrected chi connectivity index (χ0v) is 10.4. The Labute approximate surface area is 109 Å². The van der Waals surface area contributed by atoms with Crippen LogP contribution in [0.3, 0.4) is 0 Å².